The van der Waals surface area contributed by atoms with E-state index in [1.165, 1.54) is 16.7 Å². The average Bonchev–Trinajstić information content (AvgIpc) is 3.16. The van der Waals surface area contributed by atoms with E-state index in [9.17, 15) is 18.0 Å². The molecule has 32 heavy (non-hydrogen) atoms. The van der Waals surface area contributed by atoms with Crippen molar-refractivity contribution in [2.75, 3.05) is 24.3 Å². The van der Waals surface area contributed by atoms with E-state index in [4.69, 9.17) is 4.98 Å². The summed E-state index contributed by atoms with van der Waals surface area (Å²) in [6, 6.07) is 16.3. The zero-order valence-electron chi connectivity index (χ0n) is 18.0. The fourth-order valence-electron chi connectivity index (χ4n) is 3.96. The number of amides is 1. The lowest BCUT2D eigenvalue weighted by molar-refractivity contribution is -0.128. The van der Waals surface area contributed by atoms with Crippen molar-refractivity contribution >= 4 is 38.4 Å². The number of para-hydroxylation sites is 1. The summed E-state index contributed by atoms with van der Waals surface area (Å²) in [5.41, 5.74) is 1.39. The van der Waals surface area contributed by atoms with Crippen LogP contribution in [0.25, 0.3) is 10.9 Å². The molecule has 0 radical (unpaired) electrons. The SMILES string of the molecule is C[C@H](c1ccccc1)n1c(SCC(=O)N(C)[C@H]2CCS(=O)(=O)C2)nc2ccccc2c1=O. The molecule has 2 atom stereocenters. The number of rotatable bonds is 6. The van der Waals surface area contributed by atoms with E-state index in [0.717, 1.165) is 5.56 Å². The molecule has 0 aliphatic carbocycles. The second kappa shape index (κ2) is 9.07. The Kier molecular flexibility index (Phi) is 6.39. The molecule has 0 saturated carbocycles. The highest BCUT2D eigenvalue weighted by Gasteiger charge is 2.32. The first-order valence-electron chi connectivity index (χ1n) is 10.4. The summed E-state index contributed by atoms with van der Waals surface area (Å²) in [4.78, 5) is 32.4. The third kappa shape index (κ3) is 4.59. The van der Waals surface area contributed by atoms with E-state index in [1.54, 1.807) is 23.7 Å². The van der Waals surface area contributed by atoms with Gasteiger partial charge in [-0.1, -0.05) is 54.2 Å². The maximum absolute atomic E-state index is 13.4. The average molecular weight is 472 g/mol. The molecule has 1 aromatic heterocycles. The molecule has 1 amide bonds. The fraction of sp³-hybridized carbons (Fsp3) is 0.348. The smallest absolute Gasteiger partial charge is 0.262 e. The van der Waals surface area contributed by atoms with Gasteiger partial charge in [-0.3, -0.25) is 14.2 Å². The second-order valence-corrected chi connectivity index (χ2v) is 11.2. The third-order valence-electron chi connectivity index (χ3n) is 5.92. The first-order chi connectivity index (χ1) is 15.3. The molecule has 1 aliphatic rings. The maximum atomic E-state index is 13.4. The number of carbonyl (C=O) groups is 1. The quantitative estimate of drug-likeness (QED) is 0.406. The van der Waals surface area contributed by atoms with Gasteiger partial charge < -0.3 is 4.90 Å². The van der Waals surface area contributed by atoms with Gasteiger partial charge in [0.05, 0.1) is 34.2 Å². The summed E-state index contributed by atoms with van der Waals surface area (Å²) in [5, 5.41) is 0.991. The number of fused-ring (bicyclic) bond motifs is 1. The minimum absolute atomic E-state index is 0.00385. The van der Waals surface area contributed by atoms with Crippen molar-refractivity contribution in [1.29, 1.82) is 0 Å². The van der Waals surface area contributed by atoms with Crippen LogP contribution in [0.2, 0.25) is 0 Å². The summed E-state index contributed by atoms with van der Waals surface area (Å²) >= 11 is 1.21. The lowest BCUT2D eigenvalue weighted by Gasteiger charge is -2.24. The summed E-state index contributed by atoms with van der Waals surface area (Å²) in [5.74, 6) is 0.00450. The zero-order chi connectivity index (χ0) is 22.9. The first kappa shape index (κ1) is 22.5. The molecule has 1 saturated heterocycles. The Bertz CT molecular complexity index is 1310. The van der Waals surface area contributed by atoms with Crippen molar-refractivity contribution in [3.63, 3.8) is 0 Å². The highest BCUT2D eigenvalue weighted by Crippen LogP contribution is 2.26. The standard InChI is InChI=1S/C23H25N3O4S2/c1-16(17-8-4-3-5-9-17)26-22(28)19-10-6-7-11-20(19)24-23(26)31-14-21(27)25(2)18-12-13-32(29,30)15-18/h3-11,16,18H,12-15H2,1-2H3/t16-,18+/m1/s1. The van der Waals surface area contributed by atoms with Gasteiger partial charge in [0.2, 0.25) is 5.91 Å². The lowest BCUT2D eigenvalue weighted by Crippen LogP contribution is -2.39. The van der Waals surface area contributed by atoms with Gasteiger partial charge in [-0.15, -0.1) is 0 Å². The van der Waals surface area contributed by atoms with Gasteiger partial charge in [-0.2, -0.15) is 0 Å². The number of thioether (sulfide) groups is 1. The van der Waals surface area contributed by atoms with Crippen LogP contribution >= 0.6 is 11.8 Å². The molecule has 1 fully saturated rings. The van der Waals surface area contributed by atoms with Gasteiger partial charge in [-0.05, 0) is 31.0 Å². The molecule has 2 heterocycles. The van der Waals surface area contributed by atoms with Crippen molar-refractivity contribution in [2.24, 2.45) is 0 Å². The predicted octanol–water partition coefficient (Wildman–Crippen LogP) is 2.74. The van der Waals surface area contributed by atoms with Crippen molar-refractivity contribution < 1.29 is 13.2 Å². The van der Waals surface area contributed by atoms with Crippen LogP contribution in [0.5, 0.6) is 0 Å². The molecular weight excluding hydrogens is 446 g/mol. The fourth-order valence-corrected chi connectivity index (χ4v) is 6.74. The highest BCUT2D eigenvalue weighted by molar-refractivity contribution is 7.99. The Hall–Kier alpha value is -2.65. The van der Waals surface area contributed by atoms with Crippen molar-refractivity contribution in [3.8, 4) is 0 Å². The highest BCUT2D eigenvalue weighted by atomic mass is 32.2. The van der Waals surface area contributed by atoms with Crippen LogP contribution in [0.15, 0.2) is 64.5 Å². The Morgan fingerprint density at radius 3 is 2.56 bits per heavy atom. The van der Waals surface area contributed by atoms with Gasteiger partial charge in [0.25, 0.3) is 5.56 Å². The van der Waals surface area contributed by atoms with Crippen LogP contribution in [0, 0.1) is 0 Å². The van der Waals surface area contributed by atoms with Gasteiger partial charge in [0.1, 0.15) is 0 Å². The summed E-state index contributed by atoms with van der Waals surface area (Å²) in [6.07, 6.45) is 0.458. The summed E-state index contributed by atoms with van der Waals surface area (Å²) < 4.78 is 25.2. The number of sulfone groups is 1. The molecule has 0 N–H and O–H groups in total. The van der Waals surface area contributed by atoms with Crippen molar-refractivity contribution in [3.05, 3.63) is 70.5 Å². The third-order valence-corrected chi connectivity index (χ3v) is 8.61. The minimum Gasteiger partial charge on any atom is -0.341 e. The predicted molar refractivity (Wildman–Crippen MR) is 127 cm³/mol. The summed E-state index contributed by atoms with van der Waals surface area (Å²) in [7, 11) is -1.44. The Labute approximate surface area is 191 Å². The van der Waals surface area contributed by atoms with E-state index in [0.29, 0.717) is 22.5 Å². The molecule has 4 rings (SSSR count). The molecule has 2 aromatic carbocycles. The van der Waals surface area contributed by atoms with E-state index in [2.05, 4.69) is 0 Å². The largest absolute Gasteiger partial charge is 0.341 e. The molecule has 7 nitrogen and oxygen atoms in total. The molecule has 0 bridgehead atoms. The van der Waals surface area contributed by atoms with Crippen LogP contribution in [0.4, 0.5) is 0 Å². The second-order valence-electron chi connectivity index (χ2n) is 8.02. The first-order valence-corrected chi connectivity index (χ1v) is 13.2. The van der Waals surface area contributed by atoms with Crippen LogP contribution in [-0.4, -0.2) is 59.1 Å². The van der Waals surface area contributed by atoms with Crippen LogP contribution in [0.1, 0.15) is 24.9 Å². The summed E-state index contributed by atoms with van der Waals surface area (Å²) in [6.45, 7) is 1.94. The Balaban J connectivity index is 1.64. The Morgan fingerprint density at radius 1 is 1.19 bits per heavy atom. The van der Waals surface area contributed by atoms with Gasteiger partial charge in [-0.25, -0.2) is 13.4 Å². The molecule has 3 aromatic rings. The number of nitrogens with zero attached hydrogens (tertiary/aromatic N) is 3. The van der Waals surface area contributed by atoms with E-state index in [-0.39, 0.29) is 40.8 Å². The molecule has 0 spiro atoms. The Morgan fingerprint density at radius 2 is 1.88 bits per heavy atom. The number of benzene rings is 2. The molecule has 168 valence electrons. The normalized spacial score (nSPS) is 18.5. The minimum atomic E-state index is -3.08. The van der Waals surface area contributed by atoms with E-state index in [1.807, 2.05) is 49.4 Å². The maximum Gasteiger partial charge on any atom is 0.262 e. The number of hydrogen-bond acceptors (Lipinski definition) is 6. The van der Waals surface area contributed by atoms with Crippen LogP contribution in [0.3, 0.4) is 0 Å². The van der Waals surface area contributed by atoms with Gasteiger partial charge in [0.15, 0.2) is 15.0 Å². The monoisotopic (exact) mass is 471 g/mol. The molecule has 1 aliphatic heterocycles. The van der Waals surface area contributed by atoms with Gasteiger partial charge >= 0.3 is 0 Å². The van der Waals surface area contributed by atoms with Crippen LogP contribution in [-0.2, 0) is 14.6 Å². The van der Waals surface area contributed by atoms with Crippen LogP contribution < -0.4 is 5.56 Å². The van der Waals surface area contributed by atoms with Crippen molar-refractivity contribution in [2.45, 2.75) is 30.6 Å². The molecule has 9 heteroatoms. The molecule has 0 unspecified atom stereocenters. The van der Waals surface area contributed by atoms with E-state index < -0.39 is 9.84 Å². The van der Waals surface area contributed by atoms with E-state index >= 15 is 0 Å². The number of hydrogen-bond donors (Lipinski definition) is 0. The number of aromatic nitrogens is 2. The topological polar surface area (TPSA) is 89.3 Å². The number of carbonyl (C=O) groups excluding carboxylic acids is 1. The van der Waals surface area contributed by atoms with Crippen molar-refractivity contribution in [1.82, 2.24) is 14.5 Å². The lowest BCUT2D eigenvalue weighted by atomic mass is 10.1. The van der Waals surface area contributed by atoms with Gasteiger partial charge in [0, 0.05) is 13.1 Å². The molecular formula is C23H25N3O4S2. The zero-order valence-corrected chi connectivity index (χ0v) is 19.6.